The van der Waals surface area contributed by atoms with Crippen molar-refractivity contribution in [2.75, 3.05) is 0 Å². The number of amidine groups is 1. The van der Waals surface area contributed by atoms with E-state index in [1.54, 1.807) is 12.4 Å². The van der Waals surface area contributed by atoms with Crippen LogP contribution in [-0.2, 0) is 0 Å². The number of pyridine rings is 1. The van der Waals surface area contributed by atoms with Gasteiger partial charge in [0.25, 0.3) is 0 Å². The van der Waals surface area contributed by atoms with Gasteiger partial charge in [-0.25, -0.2) is 4.99 Å². The number of aliphatic imine (C=N–C) groups is 1. The Morgan fingerprint density at radius 1 is 1.54 bits per heavy atom. The van der Waals surface area contributed by atoms with Gasteiger partial charge < -0.3 is 5.73 Å². The monoisotopic (exact) mass is 177 g/mol. The fraction of sp³-hybridized carbons (Fsp3) is 0.400. The number of hydrogen-bond donors (Lipinski definition) is 1. The number of aromatic nitrogens is 1. The Morgan fingerprint density at radius 3 is 2.92 bits per heavy atom. The van der Waals surface area contributed by atoms with E-state index in [0.717, 1.165) is 24.1 Å². The zero-order valence-corrected chi connectivity index (χ0v) is 8.12. The highest BCUT2D eigenvalue weighted by Gasteiger charge is 1.93. The van der Waals surface area contributed by atoms with Crippen LogP contribution >= 0.6 is 0 Å². The molecule has 0 fully saturated rings. The first-order valence-electron chi connectivity index (χ1n) is 4.47. The van der Waals surface area contributed by atoms with Crippen molar-refractivity contribution in [3.63, 3.8) is 0 Å². The molecular weight excluding hydrogens is 162 g/mol. The summed E-state index contributed by atoms with van der Waals surface area (Å²) >= 11 is 0. The van der Waals surface area contributed by atoms with E-state index in [1.165, 1.54) is 0 Å². The molecule has 2 N–H and O–H groups in total. The molecule has 13 heavy (non-hydrogen) atoms. The molecule has 0 saturated heterocycles. The lowest BCUT2D eigenvalue weighted by molar-refractivity contribution is 0.982. The topological polar surface area (TPSA) is 51.3 Å². The molecule has 0 saturated carbocycles. The van der Waals surface area contributed by atoms with E-state index in [1.807, 2.05) is 13.0 Å². The van der Waals surface area contributed by atoms with E-state index >= 15 is 0 Å². The van der Waals surface area contributed by atoms with Crippen molar-refractivity contribution >= 4 is 11.5 Å². The molecule has 0 amide bonds. The number of nitrogens with two attached hydrogens (primary N) is 1. The third kappa shape index (κ3) is 3.23. The van der Waals surface area contributed by atoms with Gasteiger partial charge in [0.2, 0.25) is 0 Å². The quantitative estimate of drug-likeness (QED) is 0.568. The minimum absolute atomic E-state index is 0.676. The van der Waals surface area contributed by atoms with Crippen LogP contribution in [0.25, 0.3) is 0 Å². The first-order chi connectivity index (χ1) is 6.22. The molecule has 0 atom stereocenters. The summed E-state index contributed by atoms with van der Waals surface area (Å²) < 4.78 is 0. The summed E-state index contributed by atoms with van der Waals surface area (Å²) in [6.07, 6.45) is 5.38. The average molecular weight is 177 g/mol. The maximum absolute atomic E-state index is 5.69. The van der Waals surface area contributed by atoms with E-state index in [4.69, 9.17) is 5.73 Å². The lowest BCUT2D eigenvalue weighted by Gasteiger charge is -1.98. The fourth-order valence-electron chi connectivity index (χ4n) is 1.08. The van der Waals surface area contributed by atoms with Gasteiger partial charge in [-0.1, -0.05) is 6.92 Å². The van der Waals surface area contributed by atoms with Gasteiger partial charge in [0.05, 0.1) is 17.7 Å². The Morgan fingerprint density at radius 2 is 2.31 bits per heavy atom. The number of nitrogens with zero attached hydrogens (tertiary/aromatic N) is 2. The highest BCUT2D eigenvalue weighted by atomic mass is 14.9. The first-order valence-corrected chi connectivity index (χ1v) is 4.47. The minimum Gasteiger partial charge on any atom is -0.387 e. The van der Waals surface area contributed by atoms with Crippen LogP contribution in [0.5, 0.6) is 0 Å². The fourth-order valence-corrected chi connectivity index (χ4v) is 1.08. The zero-order chi connectivity index (χ0) is 9.68. The Labute approximate surface area is 78.7 Å². The first kappa shape index (κ1) is 9.71. The SMILES string of the molecule is CCCC(N)=Nc1cncc(C)c1. The summed E-state index contributed by atoms with van der Waals surface area (Å²) in [4.78, 5) is 8.28. The molecule has 3 nitrogen and oxygen atoms in total. The van der Waals surface area contributed by atoms with E-state index in [-0.39, 0.29) is 0 Å². The van der Waals surface area contributed by atoms with E-state index < -0.39 is 0 Å². The van der Waals surface area contributed by atoms with Gasteiger partial charge in [0, 0.05) is 12.6 Å². The standard InChI is InChI=1S/C10H15N3/c1-3-4-10(11)13-9-5-8(2)6-12-7-9/h5-7H,3-4H2,1-2H3,(H2,11,13). The Kier molecular flexibility index (Phi) is 3.43. The van der Waals surface area contributed by atoms with E-state index in [0.29, 0.717) is 5.84 Å². The van der Waals surface area contributed by atoms with Gasteiger partial charge >= 0.3 is 0 Å². The maximum Gasteiger partial charge on any atom is 0.0996 e. The van der Waals surface area contributed by atoms with Crippen LogP contribution in [-0.4, -0.2) is 10.8 Å². The lowest BCUT2D eigenvalue weighted by Crippen LogP contribution is -2.09. The smallest absolute Gasteiger partial charge is 0.0996 e. The molecule has 0 aliphatic rings. The molecule has 0 aliphatic heterocycles. The van der Waals surface area contributed by atoms with E-state index in [9.17, 15) is 0 Å². The molecule has 0 aliphatic carbocycles. The molecule has 1 heterocycles. The van der Waals surface area contributed by atoms with Gasteiger partial charge in [-0.3, -0.25) is 4.98 Å². The highest BCUT2D eigenvalue weighted by molar-refractivity contribution is 5.82. The lowest BCUT2D eigenvalue weighted by atomic mass is 10.3. The number of aryl methyl sites for hydroxylation is 1. The summed E-state index contributed by atoms with van der Waals surface area (Å²) in [6, 6.07) is 1.97. The van der Waals surface area contributed by atoms with Gasteiger partial charge in [-0.15, -0.1) is 0 Å². The van der Waals surface area contributed by atoms with Gasteiger partial charge in [-0.05, 0) is 25.0 Å². The third-order valence-corrected chi connectivity index (χ3v) is 1.64. The van der Waals surface area contributed by atoms with Crippen molar-refractivity contribution < 1.29 is 0 Å². The van der Waals surface area contributed by atoms with Crippen LogP contribution in [0.4, 0.5) is 5.69 Å². The number of rotatable bonds is 3. The zero-order valence-electron chi connectivity index (χ0n) is 8.12. The van der Waals surface area contributed by atoms with Crippen molar-refractivity contribution in [3.8, 4) is 0 Å². The van der Waals surface area contributed by atoms with Crippen LogP contribution in [0.2, 0.25) is 0 Å². The molecule has 0 radical (unpaired) electrons. The van der Waals surface area contributed by atoms with Gasteiger partial charge in [0.15, 0.2) is 0 Å². The predicted molar refractivity (Wildman–Crippen MR) is 55.2 cm³/mol. The van der Waals surface area contributed by atoms with Crippen LogP contribution < -0.4 is 5.73 Å². The van der Waals surface area contributed by atoms with Crippen LogP contribution in [0, 0.1) is 6.92 Å². The summed E-state index contributed by atoms with van der Waals surface area (Å²) in [5, 5.41) is 0. The normalized spacial score (nSPS) is 11.7. The molecule has 3 heteroatoms. The predicted octanol–water partition coefficient (Wildman–Crippen LogP) is 2.18. The summed E-state index contributed by atoms with van der Waals surface area (Å²) in [5.41, 5.74) is 7.63. The Balaban J connectivity index is 2.78. The number of hydrogen-bond acceptors (Lipinski definition) is 2. The van der Waals surface area contributed by atoms with Crippen molar-refractivity contribution in [3.05, 3.63) is 24.0 Å². The molecule has 1 aromatic rings. The average Bonchev–Trinajstić information content (AvgIpc) is 2.04. The van der Waals surface area contributed by atoms with Crippen molar-refractivity contribution in [1.29, 1.82) is 0 Å². The molecule has 70 valence electrons. The van der Waals surface area contributed by atoms with Crippen molar-refractivity contribution in [2.45, 2.75) is 26.7 Å². The summed E-state index contributed by atoms with van der Waals surface area (Å²) in [6.45, 7) is 4.07. The maximum atomic E-state index is 5.69. The second-order valence-corrected chi connectivity index (χ2v) is 3.07. The molecule has 0 unspecified atom stereocenters. The third-order valence-electron chi connectivity index (χ3n) is 1.64. The largest absolute Gasteiger partial charge is 0.387 e. The second kappa shape index (κ2) is 4.60. The second-order valence-electron chi connectivity index (χ2n) is 3.07. The molecule has 0 spiro atoms. The molecule has 1 rings (SSSR count). The van der Waals surface area contributed by atoms with Crippen LogP contribution in [0.3, 0.4) is 0 Å². The Bertz CT molecular complexity index is 305. The van der Waals surface area contributed by atoms with Gasteiger partial charge in [0.1, 0.15) is 0 Å². The van der Waals surface area contributed by atoms with Crippen LogP contribution in [0.1, 0.15) is 25.3 Å². The van der Waals surface area contributed by atoms with Gasteiger partial charge in [-0.2, -0.15) is 0 Å². The van der Waals surface area contributed by atoms with Crippen molar-refractivity contribution in [1.82, 2.24) is 4.98 Å². The van der Waals surface area contributed by atoms with E-state index in [2.05, 4.69) is 16.9 Å². The summed E-state index contributed by atoms with van der Waals surface area (Å²) in [7, 11) is 0. The highest BCUT2D eigenvalue weighted by Crippen LogP contribution is 2.11. The minimum atomic E-state index is 0.676. The summed E-state index contributed by atoms with van der Waals surface area (Å²) in [5.74, 6) is 0.676. The molecule has 0 aromatic carbocycles. The molecule has 1 aromatic heterocycles. The Hall–Kier alpha value is -1.38. The van der Waals surface area contributed by atoms with Crippen LogP contribution in [0.15, 0.2) is 23.5 Å². The molecule has 0 bridgehead atoms. The van der Waals surface area contributed by atoms with Crippen molar-refractivity contribution in [2.24, 2.45) is 10.7 Å². The molecular formula is C10H15N3.